The second-order valence-electron chi connectivity index (χ2n) is 6.07. The normalized spacial score (nSPS) is 10.8. The molecule has 2 aromatic rings. The molecule has 0 amide bonds. The first kappa shape index (κ1) is 21.1. The number of halogens is 1. The molecule has 0 radical (unpaired) electrons. The number of aromatic nitrogens is 2. The highest BCUT2D eigenvalue weighted by Crippen LogP contribution is 2.43. The van der Waals surface area contributed by atoms with E-state index in [4.69, 9.17) is 35.8 Å². The van der Waals surface area contributed by atoms with Crippen LogP contribution in [0, 0.1) is 0 Å². The second kappa shape index (κ2) is 9.65. The van der Waals surface area contributed by atoms with Crippen LogP contribution in [0.5, 0.6) is 17.4 Å². The van der Waals surface area contributed by atoms with Crippen molar-refractivity contribution in [2.75, 3.05) is 26.6 Å². The lowest BCUT2D eigenvalue weighted by molar-refractivity contribution is 0.388. The molecule has 7 heteroatoms. The number of benzene rings is 1. The summed E-state index contributed by atoms with van der Waals surface area (Å²) >= 11 is 6.18. The first-order valence-corrected chi connectivity index (χ1v) is 9.53. The van der Waals surface area contributed by atoms with Crippen molar-refractivity contribution in [1.82, 2.24) is 9.97 Å². The van der Waals surface area contributed by atoms with Crippen LogP contribution in [0.25, 0.3) is 11.3 Å². The zero-order chi connectivity index (χ0) is 20.0. The zero-order valence-corrected chi connectivity index (χ0v) is 17.6. The minimum Gasteiger partial charge on any atom is -0.496 e. The standard InChI is InChI=1S/C20H28ClN3O3/c1-7-13(8-2)22-19-14(9-3)23-18(20(24-19)27-6)17-15(25-4)10-12(21)11-16(17)26-5/h10-11,13H,7-9H2,1-6H3,(H,22,24). The lowest BCUT2D eigenvalue weighted by atomic mass is 10.1. The highest BCUT2D eigenvalue weighted by Gasteiger charge is 2.23. The number of methoxy groups -OCH3 is 3. The van der Waals surface area contributed by atoms with Gasteiger partial charge in [-0.2, -0.15) is 4.98 Å². The van der Waals surface area contributed by atoms with Crippen LogP contribution in [0.3, 0.4) is 0 Å². The minimum atomic E-state index is 0.333. The molecule has 2 rings (SSSR count). The number of hydrogen-bond donors (Lipinski definition) is 1. The largest absolute Gasteiger partial charge is 0.496 e. The van der Waals surface area contributed by atoms with Gasteiger partial charge in [0.25, 0.3) is 0 Å². The average Bonchev–Trinajstić information content (AvgIpc) is 2.70. The summed E-state index contributed by atoms with van der Waals surface area (Å²) in [4.78, 5) is 9.56. The van der Waals surface area contributed by atoms with Gasteiger partial charge in [-0.3, -0.25) is 0 Å². The van der Waals surface area contributed by atoms with Gasteiger partial charge in [0.05, 0.1) is 32.6 Å². The summed E-state index contributed by atoms with van der Waals surface area (Å²) in [5, 5.41) is 4.00. The number of rotatable bonds is 9. The SMILES string of the molecule is CCc1nc(-c2c(OC)cc(Cl)cc2OC)c(OC)nc1NC(CC)CC. The third-order valence-electron chi connectivity index (χ3n) is 4.50. The molecule has 1 aromatic heterocycles. The van der Waals surface area contributed by atoms with E-state index in [9.17, 15) is 0 Å². The fourth-order valence-electron chi connectivity index (χ4n) is 2.92. The Hall–Kier alpha value is -2.21. The molecule has 0 fully saturated rings. The van der Waals surface area contributed by atoms with Gasteiger partial charge < -0.3 is 19.5 Å². The summed E-state index contributed by atoms with van der Waals surface area (Å²) in [6, 6.07) is 3.78. The van der Waals surface area contributed by atoms with E-state index >= 15 is 0 Å². The molecule has 0 aliphatic heterocycles. The first-order valence-electron chi connectivity index (χ1n) is 9.16. The predicted octanol–water partition coefficient (Wildman–Crippen LogP) is 4.99. The Morgan fingerprint density at radius 1 is 0.963 bits per heavy atom. The minimum absolute atomic E-state index is 0.333. The topological polar surface area (TPSA) is 65.5 Å². The zero-order valence-electron chi connectivity index (χ0n) is 16.9. The first-order chi connectivity index (χ1) is 13.0. The molecule has 0 aliphatic carbocycles. The van der Waals surface area contributed by atoms with Gasteiger partial charge in [-0.25, -0.2) is 4.98 Å². The van der Waals surface area contributed by atoms with Gasteiger partial charge in [-0.15, -0.1) is 0 Å². The van der Waals surface area contributed by atoms with Crippen LogP contribution in [0.15, 0.2) is 12.1 Å². The van der Waals surface area contributed by atoms with E-state index in [1.807, 2.05) is 0 Å². The quantitative estimate of drug-likeness (QED) is 0.647. The van der Waals surface area contributed by atoms with Gasteiger partial charge in [0.2, 0.25) is 5.88 Å². The third-order valence-corrected chi connectivity index (χ3v) is 4.72. The highest BCUT2D eigenvalue weighted by molar-refractivity contribution is 6.31. The fourth-order valence-corrected chi connectivity index (χ4v) is 3.12. The van der Waals surface area contributed by atoms with Gasteiger partial charge in [0, 0.05) is 11.1 Å². The maximum Gasteiger partial charge on any atom is 0.242 e. The Kier molecular flexibility index (Phi) is 7.54. The molecule has 1 aromatic carbocycles. The molecule has 0 saturated carbocycles. The lowest BCUT2D eigenvalue weighted by Gasteiger charge is -2.20. The van der Waals surface area contributed by atoms with Gasteiger partial charge in [-0.1, -0.05) is 32.4 Å². The van der Waals surface area contributed by atoms with Gasteiger partial charge in [0.1, 0.15) is 17.2 Å². The summed E-state index contributed by atoms with van der Waals surface area (Å²) in [6.45, 7) is 6.35. The summed E-state index contributed by atoms with van der Waals surface area (Å²) in [6.07, 6.45) is 2.74. The van der Waals surface area contributed by atoms with Crippen molar-refractivity contribution in [2.45, 2.75) is 46.1 Å². The van der Waals surface area contributed by atoms with Gasteiger partial charge in [-0.05, 0) is 31.4 Å². The summed E-state index contributed by atoms with van der Waals surface area (Å²) in [7, 11) is 4.74. The van der Waals surface area contributed by atoms with Crippen molar-refractivity contribution in [3.63, 3.8) is 0 Å². The van der Waals surface area contributed by atoms with Crippen molar-refractivity contribution in [1.29, 1.82) is 0 Å². The second-order valence-corrected chi connectivity index (χ2v) is 6.51. The molecular formula is C20H28ClN3O3. The number of hydrogen-bond acceptors (Lipinski definition) is 6. The Bertz CT molecular complexity index is 754. The predicted molar refractivity (Wildman–Crippen MR) is 110 cm³/mol. The van der Waals surface area contributed by atoms with Crippen molar-refractivity contribution in [2.24, 2.45) is 0 Å². The molecule has 0 atom stereocenters. The maximum atomic E-state index is 6.18. The van der Waals surface area contributed by atoms with Crippen molar-refractivity contribution >= 4 is 17.4 Å². The van der Waals surface area contributed by atoms with E-state index in [-0.39, 0.29) is 0 Å². The van der Waals surface area contributed by atoms with Crippen molar-refractivity contribution in [3.05, 3.63) is 22.8 Å². The fraction of sp³-hybridized carbons (Fsp3) is 0.500. The monoisotopic (exact) mass is 393 g/mol. The molecule has 6 nitrogen and oxygen atoms in total. The van der Waals surface area contributed by atoms with Crippen molar-refractivity contribution in [3.8, 4) is 28.6 Å². The Labute approximate surface area is 166 Å². The molecule has 1 N–H and O–H groups in total. The Morgan fingerprint density at radius 3 is 2.00 bits per heavy atom. The van der Waals surface area contributed by atoms with Crippen LogP contribution in [0.1, 0.15) is 39.3 Å². The molecule has 1 heterocycles. The third kappa shape index (κ3) is 4.56. The number of aryl methyl sites for hydroxylation is 1. The number of nitrogens with zero attached hydrogens (tertiary/aromatic N) is 2. The van der Waals surface area contributed by atoms with Crippen molar-refractivity contribution < 1.29 is 14.2 Å². The summed E-state index contributed by atoms with van der Waals surface area (Å²) in [5.74, 6) is 2.25. The summed E-state index contributed by atoms with van der Waals surface area (Å²) in [5.41, 5.74) is 2.09. The Morgan fingerprint density at radius 2 is 1.56 bits per heavy atom. The smallest absolute Gasteiger partial charge is 0.242 e. The van der Waals surface area contributed by atoms with Crippen LogP contribution in [0.2, 0.25) is 5.02 Å². The lowest BCUT2D eigenvalue weighted by Crippen LogP contribution is -2.20. The summed E-state index contributed by atoms with van der Waals surface area (Å²) < 4.78 is 16.6. The molecule has 0 bridgehead atoms. The van der Waals surface area contributed by atoms with Crippen LogP contribution >= 0.6 is 11.6 Å². The number of nitrogens with one attached hydrogen (secondary N) is 1. The van der Waals surface area contributed by atoms with E-state index < -0.39 is 0 Å². The molecular weight excluding hydrogens is 366 g/mol. The molecule has 0 aliphatic rings. The van der Waals surface area contributed by atoms with Crippen LogP contribution < -0.4 is 19.5 Å². The van der Waals surface area contributed by atoms with Crippen LogP contribution in [-0.2, 0) is 6.42 Å². The number of ether oxygens (including phenoxy) is 3. The molecule has 0 unspecified atom stereocenters. The van der Waals surface area contributed by atoms with E-state index in [0.717, 1.165) is 30.8 Å². The molecule has 0 saturated heterocycles. The van der Waals surface area contributed by atoms with E-state index in [1.165, 1.54) is 0 Å². The maximum absolute atomic E-state index is 6.18. The molecule has 148 valence electrons. The van der Waals surface area contributed by atoms with E-state index in [1.54, 1.807) is 33.5 Å². The van der Waals surface area contributed by atoms with E-state index in [0.29, 0.717) is 39.7 Å². The van der Waals surface area contributed by atoms with Gasteiger partial charge in [0.15, 0.2) is 5.82 Å². The van der Waals surface area contributed by atoms with Crippen LogP contribution in [0.4, 0.5) is 5.82 Å². The molecule has 27 heavy (non-hydrogen) atoms. The van der Waals surface area contributed by atoms with Gasteiger partial charge >= 0.3 is 0 Å². The number of anilines is 1. The average molecular weight is 394 g/mol. The van der Waals surface area contributed by atoms with E-state index in [2.05, 4.69) is 26.1 Å². The highest BCUT2D eigenvalue weighted by atomic mass is 35.5. The molecule has 0 spiro atoms. The Balaban J connectivity index is 2.68. The van der Waals surface area contributed by atoms with Crippen LogP contribution in [-0.4, -0.2) is 37.3 Å².